The average Bonchev–Trinajstić information content (AvgIpc) is 2.41. The van der Waals surface area contributed by atoms with Crippen LogP contribution in [-0.4, -0.2) is 30.1 Å². The lowest BCUT2D eigenvalue weighted by Gasteiger charge is -2.09. The van der Waals surface area contributed by atoms with Gasteiger partial charge in [0.2, 0.25) is 0 Å². The van der Waals surface area contributed by atoms with Crippen molar-refractivity contribution in [1.82, 2.24) is 0 Å². The molecule has 0 saturated carbocycles. The maximum Gasteiger partial charge on any atom is 0.356 e. The summed E-state index contributed by atoms with van der Waals surface area (Å²) in [6, 6.07) is 5.81. The summed E-state index contributed by atoms with van der Waals surface area (Å²) in [5.41, 5.74) is 1.15. The van der Waals surface area contributed by atoms with Crippen LogP contribution in [0.5, 0.6) is 5.75 Å². The van der Waals surface area contributed by atoms with E-state index in [1.54, 1.807) is 6.92 Å². The van der Waals surface area contributed by atoms with Crippen molar-refractivity contribution >= 4 is 27.6 Å². The van der Waals surface area contributed by atoms with Gasteiger partial charge in [-0.1, -0.05) is 11.2 Å². The Morgan fingerprint density at radius 1 is 1.45 bits per heavy atom. The molecule has 0 aromatic heterocycles. The van der Waals surface area contributed by atoms with Crippen LogP contribution in [0.1, 0.15) is 25.3 Å². The normalized spacial score (nSPS) is 11.2. The summed E-state index contributed by atoms with van der Waals surface area (Å²) in [7, 11) is 0. The van der Waals surface area contributed by atoms with Gasteiger partial charge in [-0.3, -0.25) is 0 Å². The van der Waals surface area contributed by atoms with Crippen molar-refractivity contribution in [3.8, 4) is 5.75 Å². The molecule has 0 fully saturated rings. The van der Waals surface area contributed by atoms with E-state index in [1.807, 2.05) is 25.1 Å². The third kappa shape index (κ3) is 5.21. The van der Waals surface area contributed by atoms with Gasteiger partial charge in [-0.15, -0.1) is 0 Å². The zero-order valence-corrected chi connectivity index (χ0v) is 13.1. The largest absolute Gasteiger partial charge is 0.492 e. The fourth-order valence-electron chi connectivity index (χ4n) is 1.55. The number of rotatable bonds is 7. The van der Waals surface area contributed by atoms with Crippen LogP contribution < -0.4 is 4.74 Å². The molecule has 110 valence electrons. The number of benzene rings is 1. The van der Waals surface area contributed by atoms with E-state index in [2.05, 4.69) is 21.1 Å². The number of halogens is 1. The Morgan fingerprint density at radius 2 is 2.20 bits per heavy atom. The Labute approximate surface area is 126 Å². The highest BCUT2D eigenvalue weighted by Crippen LogP contribution is 2.25. The molecule has 20 heavy (non-hydrogen) atoms. The predicted molar refractivity (Wildman–Crippen MR) is 79.5 cm³/mol. The molecule has 6 heteroatoms. The van der Waals surface area contributed by atoms with Gasteiger partial charge >= 0.3 is 5.97 Å². The number of ether oxygens (including phenoxy) is 2. The second-order valence-electron chi connectivity index (χ2n) is 4.15. The number of esters is 1. The minimum absolute atomic E-state index is 0.0124. The third-order valence-electron chi connectivity index (χ3n) is 2.53. The Balaban J connectivity index is 2.39. The zero-order chi connectivity index (χ0) is 15.0. The van der Waals surface area contributed by atoms with Crippen LogP contribution in [0.2, 0.25) is 0 Å². The van der Waals surface area contributed by atoms with Crippen LogP contribution in [0.3, 0.4) is 0 Å². The van der Waals surface area contributed by atoms with Gasteiger partial charge in [-0.05, 0) is 53.9 Å². The molecule has 0 amide bonds. The maximum atomic E-state index is 11.4. The van der Waals surface area contributed by atoms with E-state index in [1.165, 1.54) is 0 Å². The summed E-state index contributed by atoms with van der Waals surface area (Å²) in [6.07, 6.45) is 0.858. The Kier molecular flexibility index (Phi) is 7.08. The number of hydrogen-bond donors (Lipinski definition) is 1. The SMILES string of the molecule is CCOC(=O)/C(CCCOc1ccc(C)cc1Br)=N\O. The molecule has 0 saturated heterocycles. The van der Waals surface area contributed by atoms with Gasteiger partial charge in [0.05, 0.1) is 17.7 Å². The number of carbonyl (C=O) groups excluding carboxylic acids is 1. The van der Waals surface area contributed by atoms with Crippen LogP contribution in [0, 0.1) is 6.92 Å². The molecule has 0 bridgehead atoms. The van der Waals surface area contributed by atoms with Crippen LogP contribution in [0.4, 0.5) is 0 Å². The minimum Gasteiger partial charge on any atom is -0.492 e. The van der Waals surface area contributed by atoms with E-state index in [4.69, 9.17) is 14.7 Å². The molecule has 0 aliphatic heterocycles. The lowest BCUT2D eigenvalue weighted by atomic mass is 10.2. The van der Waals surface area contributed by atoms with Crippen molar-refractivity contribution < 1.29 is 19.5 Å². The van der Waals surface area contributed by atoms with Gasteiger partial charge < -0.3 is 14.7 Å². The number of aryl methyl sites for hydroxylation is 1. The summed E-state index contributed by atoms with van der Waals surface area (Å²) in [5.74, 6) is 0.153. The van der Waals surface area contributed by atoms with Crippen LogP contribution >= 0.6 is 15.9 Å². The summed E-state index contributed by atoms with van der Waals surface area (Å²) in [6.45, 7) is 4.37. The van der Waals surface area contributed by atoms with Crippen LogP contribution in [0.25, 0.3) is 0 Å². The van der Waals surface area contributed by atoms with Gasteiger partial charge in [-0.2, -0.15) is 0 Å². The molecule has 1 rings (SSSR count). The lowest BCUT2D eigenvalue weighted by molar-refractivity contribution is -0.135. The number of carbonyl (C=O) groups is 1. The van der Waals surface area contributed by atoms with E-state index >= 15 is 0 Å². The summed E-state index contributed by atoms with van der Waals surface area (Å²) < 4.78 is 11.2. The van der Waals surface area contributed by atoms with Gasteiger partial charge in [0, 0.05) is 6.42 Å². The van der Waals surface area contributed by atoms with Crippen LogP contribution in [-0.2, 0) is 9.53 Å². The highest BCUT2D eigenvalue weighted by atomic mass is 79.9. The standard InChI is InChI=1S/C14H18BrNO4/c1-3-19-14(17)12(16-18)5-4-8-20-13-7-6-10(2)9-11(13)15/h6-7,9,18H,3-5,8H2,1-2H3/b16-12-. The summed E-state index contributed by atoms with van der Waals surface area (Å²) in [4.78, 5) is 11.4. The molecule has 5 nitrogen and oxygen atoms in total. The molecule has 0 unspecified atom stereocenters. The highest BCUT2D eigenvalue weighted by Gasteiger charge is 2.13. The number of nitrogens with zero attached hydrogens (tertiary/aromatic N) is 1. The molecule has 1 aromatic rings. The number of hydrogen-bond acceptors (Lipinski definition) is 5. The fourth-order valence-corrected chi connectivity index (χ4v) is 2.16. The summed E-state index contributed by atoms with van der Waals surface area (Å²) in [5, 5.41) is 11.7. The van der Waals surface area contributed by atoms with Gasteiger partial charge in [0.15, 0.2) is 5.71 Å². The average molecular weight is 344 g/mol. The molecule has 0 atom stereocenters. The fraction of sp³-hybridized carbons (Fsp3) is 0.429. The zero-order valence-electron chi connectivity index (χ0n) is 11.6. The molecular formula is C14H18BrNO4. The minimum atomic E-state index is -0.591. The molecule has 1 aromatic carbocycles. The van der Waals surface area contributed by atoms with Crippen LogP contribution in [0.15, 0.2) is 27.8 Å². The van der Waals surface area contributed by atoms with E-state index in [0.717, 1.165) is 15.8 Å². The Morgan fingerprint density at radius 3 is 2.80 bits per heavy atom. The second kappa shape index (κ2) is 8.58. The Bertz CT molecular complexity index is 488. The van der Waals surface area contributed by atoms with Crippen molar-refractivity contribution in [3.63, 3.8) is 0 Å². The van der Waals surface area contributed by atoms with Gasteiger partial charge in [0.1, 0.15) is 5.75 Å². The first-order valence-corrected chi connectivity index (χ1v) is 7.14. The van der Waals surface area contributed by atoms with E-state index in [-0.39, 0.29) is 12.3 Å². The van der Waals surface area contributed by atoms with Crippen molar-refractivity contribution in [2.24, 2.45) is 5.16 Å². The van der Waals surface area contributed by atoms with Gasteiger partial charge in [-0.25, -0.2) is 4.79 Å². The summed E-state index contributed by atoms with van der Waals surface area (Å²) >= 11 is 3.42. The Hall–Kier alpha value is -1.56. The topological polar surface area (TPSA) is 68.1 Å². The molecule has 0 aliphatic rings. The highest BCUT2D eigenvalue weighted by molar-refractivity contribution is 9.10. The van der Waals surface area contributed by atoms with Gasteiger partial charge in [0.25, 0.3) is 0 Å². The molecule has 0 radical (unpaired) electrons. The molecule has 0 heterocycles. The third-order valence-corrected chi connectivity index (χ3v) is 3.15. The van der Waals surface area contributed by atoms with E-state index in [0.29, 0.717) is 19.4 Å². The van der Waals surface area contributed by atoms with Crippen molar-refractivity contribution in [2.45, 2.75) is 26.7 Å². The quantitative estimate of drug-likeness (QED) is 0.271. The predicted octanol–water partition coefficient (Wildman–Crippen LogP) is 3.31. The van der Waals surface area contributed by atoms with E-state index < -0.39 is 5.97 Å². The molecule has 0 aliphatic carbocycles. The van der Waals surface area contributed by atoms with Crippen molar-refractivity contribution in [1.29, 1.82) is 0 Å². The van der Waals surface area contributed by atoms with Crippen molar-refractivity contribution in [3.05, 3.63) is 28.2 Å². The smallest absolute Gasteiger partial charge is 0.356 e. The number of oxime groups is 1. The van der Waals surface area contributed by atoms with E-state index in [9.17, 15) is 4.79 Å². The molecule has 0 spiro atoms. The first-order valence-electron chi connectivity index (χ1n) is 6.35. The molecular weight excluding hydrogens is 326 g/mol. The van der Waals surface area contributed by atoms with Crippen molar-refractivity contribution in [2.75, 3.05) is 13.2 Å². The first-order chi connectivity index (χ1) is 9.58. The second-order valence-corrected chi connectivity index (χ2v) is 5.01. The first kappa shape index (κ1) is 16.5. The lowest BCUT2D eigenvalue weighted by Crippen LogP contribution is -2.18. The maximum absolute atomic E-state index is 11.4. The monoisotopic (exact) mass is 343 g/mol. The molecule has 1 N–H and O–H groups in total.